The van der Waals surface area contributed by atoms with E-state index in [1.54, 1.807) is 0 Å². The van der Waals surface area contributed by atoms with Crippen LogP contribution in [0.2, 0.25) is 4.34 Å². The Bertz CT molecular complexity index is 482. The van der Waals surface area contributed by atoms with Crippen molar-refractivity contribution in [3.8, 4) is 0 Å². The molecule has 0 bridgehead atoms. The van der Waals surface area contributed by atoms with E-state index >= 15 is 0 Å². The van der Waals surface area contributed by atoms with Crippen molar-refractivity contribution >= 4 is 28.7 Å². The highest BCUT2D eigenvalue weighted by Gasteiger charge is 2.11. The van der Waals surface area contributed by atoms with Crippen LogP contribution in [-0.4, -0.2) is 5.78 Å². The minimum absolute atomic E-state index is 0.131. The summed E-state index contributed by atoms with van der Waals surface area (Å²) in [5.41, 5.74) is 2.01. The molecule has 0 amide bonds. The molecule has 2 rings (SSSR count). The lowest BCUT2D eigenvalue weighted by Crippen LogP contribution is -2.00. The number of aryl methyl sites for hydroxylation is 1. The Morgan fingerprint density at radius 2 is 2.00 bits per heavy atom. The number of thiophene rings is 1. The summed E-state index contributed by atoms with van der Waals surface area (Å²) in [6.07, 6.45) is 0.442. The molecule has 0 unspecified atom stereocenters. The zero-order valence-electron chi connectivity index (χ0n) is 8.87. The number of hydrogen-bond donors (Lipinski definition) is 0. The van der Waals surface area contributed by atoms with Crippen molar-refractivity contribution < 1.29 is 4.79 Å². The lowest BCUT2D eigenvalue weighted by molar-refractivity contribution is 0.0997. The van der Waals surface area contributed by atoms with E-state index in [0.717, 1.165) is 16.0 Å². The number of Topliss-reactive ketones (excluding diaryl/α,β-unsaturated/α-hetero) is 1. The van der Waals surface area contributed by atoms with Gasteiger partial charge in [0.1, 0.15) is 0 Å². The minimum Gasteiger partial charge on any atom is -0.293 e. The Labute approximate surface area is 104 Å². The van der Waals surface area contributed by atoms with Gasteiger partial charge in [-0.3, -0.25) is 4.79 Å². The number of benzene rings is 1. The molecule has 0 N–H and O–H groups in total. The van der Waals surface area contributed by atoms with Crippen LogP contribution in [0.5, 0.6) is 0 Å². The molecule has 2 aromatic rings. The first-order chi connectivity index (χ1) is 7.66. The second-order valence-corrected chi connectivity index (χ2v) is 5.31. The fraction of sp³-hybridized carbons (Fsp3) is 0.154. The number of halogens is 1. The summed E-state index contributed by atoms with van der Waals surface area (Å²) in [5, 5.41) is 0. The van der Waals surface area contributed by atoms with E-state index in [-0.39, 0.29) is 5.78 Å². The molecule has 0 fully saturated rings. The molecule has 0 radical (unpaired) electrons. The smallest absolute Gasteiger partial charge is 0.177 e. The summed E-state index contributed by atoms with van der Waals surface area (Å²) in [7, 11) is 0. The van der Waals surface area contributed by atoms with Gasteiger partial charge < -0.3 is 0 Å². The zero-order valence-corrected chi connectivity index (χ0v) is 10.4. The topological polar surface area (TPSA) is 17.1 Å². The molecule has 0 aliphatic rings. The molecular weight excluding hydrogens is 240 g/mol. The zero-order chi connectivity index (χ0) is 11.5. The van der Waals surface area contributed by atoms with E-state index in [1.165, 1.54) is 11.3 Å². The third kappa shape index (κ3) is 2.52. The van der Waals surface area contributed by atoms with Gasteiger partial charge in [0.15, 0.2) is 5.78 Å². The van der Waals surface area contributed by atoms with Gasteiger partial charge >= 0.3 is 0 Å². The average Bonchev–Trinajstić information content (AvgIpc) is 2.61. The molecule has 0 saturated heterocycles. The number of hydrogen-bond acceptors (Lipinski definition) is 2. The van der Waals surface area contributed by atoms with Crippen LogP contribution in [0.25, 0.3) is 0 Å². The van der Waals surface area contributed by atoms with Gasteiger partial charge in [0.05, 0.1) is 9.21 Å². The van der Waals surface area contributed by atoms with Crippen molar-refractivity contribution in [2.45, 2.75) is 13.3 Å². The van der Waals surface area contributed by atoms with E-state index in [9.17, 15) is 4.79 Å². The molecule has 1 aromatic heterocycles. The Kier molecular flexibility index (Phi) is 3.42. The first-order valence-corrected chi connectivity index (χ1v) is 6.19. The van der Waals surface area contributed by atoms with Crippen LogP contribution in [0.3, 0.4) is 0 Å². The van der Waals surface area contributed by atoms with Gasteiger partial charge in [0.25, 0.3) is 0 Å². The minimum atomic E-state index is 0.131. The van der Waals surface area contributed by atoms with Crippen LogP contribution in [0, 0.1) is 6.92 Å². The number of carbonyl (C=O) groups is 1. The fourth-order valence-electron chi connectivity index (χ4n) is 1.47. The number of carbonyl (C=O) groups excluding carboxylic acids is 1. The van der Waals surface area contributed by atoms with E-state index in [1.807, 2.05) is 43.3 Å². The van der Waals surface area contributed by atoms with Gasteiger partial charge in [-0.1, -0.05) is 41.9 Å². The van der Waals surface area contributed by atoms with Crippen molar-refractivity contribution in [1.29, 1.82) is 0 Å². The van der Waals surface area contributed by atoms with Crippen LogP contribution < -0.4 is 0 Å². The van der Waals surface area contributed by atoms with Gasteiger partial charge in [0, 0.05) is 6.42 Å². The molecule has 1 heterocycles. The maximum atomic E-state index is 11.9. The highest BCUT2D eigenvalue weighted by molar-refractivity contribution is 7.18. The van der Waals surface area contributed by atoms with Gasteiger partial charge in [-0.25, -0.2) is 0 Å². The predicted octanol–water partition coefficient (Wildman–Crippen LogP) is 4.14. The van der Waals surface area contributed by atoms with E-state index < -0.39 is 0 Å². The van der Waals surface area contributed by atoms with E-state index in [2.05, 4.69) is 0 Å². The van der Waals surface area contributed by atoms with Crippen LogP contribution in [0.4, 0.5) is 0 Å². The summed E-state index contributed by atoms with van der Waals surface area (Å²) in [5.74, 6) is 0.131. The number of rotatable bonds is 3. The van der Waals surface area contributed by atoms with Crippen molar-refractivity contribution in [2.75, 3.05) is 0 Å². The molecule has 1 nitrogen and oxygen atoms in total. The number of ketones is 1. The Morgan fingerprint density at radius 1 is 1.31 bits per heavy atom. The quantitative estimate of drug-likeness (QED) is 0.749. The predicted molar refractivity (Wildman–Crippen MR) is 68.5 cm³/mol. The lowest BCUT2D eigenvalue weighted by Gasteiger charge is -1.97. The molecule has 3 heteroatoms. The van der Waals surface area contributed by atoms with Crippen molar-refractivity contribution in [1.82, 2.24) is 0 Å². The summed E-state index contributed by atoms with van der Waals surface area (Å²) >= 11 is 7.30. The molecule has 0 atom stereocenters. The van der Waals surface area contributed by atoms with Crippen molar-refractivity contribution in [2.24, 2.45) is 0 Å². The van der Waals surface area contributed by atoms with Crippen molar-refractivity contribution in [3.63, 3.8) is 0 Å². The van der Waals surface area contributed by atoms with E-state index in [4.69, 9.17) is 11.6 Å². The first kappa shape index (κ1) is 11.4. The molecule has 1 aromatic carbocycles. The maximum Gasteiger partial charge on any atom is 0.177 e. The van der Waals surface area contributed by atoms with Gasteiger partial charge in [0.2, 0.25) is 0 Å². The van der Waals surface area contributed by atoms with Crippen LogP contribution in [0.1, 0.15) is 20.8 Å². The summed E-state index contributed by atoms with van der Waals surface area (Å²) in [6.45, 7) is 1.91. The molecule has 82 valence electrons. The third-order valence-corrected chi connectivity index (χ3v) is 3.94. The highest BCUT2D eigenvalue weighted by atomic mass is 35.5. The van der Waals surface area contributed by atoms with Gasteiger partial charge in [-0.05, 0) is 24.1 Å². The molecule has 0 aliphatic carbocycles. The third-order valence-electron chi connectivity index (χ3n) is 2.34. The SMILES string of the molecule is Cc1cc(C(=O)Cc2ccccc2)sc1Cl. The second-order valence-electron chi connectivity index (χ2n) is 3.65. The molecule has 16 heavy (non-hydrogen) atoms. The van der Waals surface area contributed by atoms with Crippen LogP contribution >= 0.6 is 22.9 Å². The summed E-state index contributed by atoms with van der Waals surface area (Å²) < 4.78 is 0.705. The monoisotopic (exact) mass is 250 g/mol. The molecule has 0 saturated carbocycles. The second kappa shape index (κ2) is 4.81. The maximum absolute atomic E-state index is 11.9. The first-order valence-electron chi connectivity index (χ1n) is 5.00. The highest BCUT2D eigenvalue weighted by Crippen LogP contribution is 2.27. The normalized spacial score (nSPS) is 10.4. The Balaban J connectivity index is 2.15. The van der Waals surface area contributed by atoms with E-state index in [0.29, 0.717) is 10.8 Å². The average molecular weight is 251 g/mol. The Morgan fingerprint density at radius 3 is 2.56 bits per heavy atom. The van der Waals surface area contributed by atoms with Gasteiger partial charge in [-0.15, -0.1) is 11.3 Å². The lowest BCUT2D eigenvalue weighted by atomic mass is 10.1. The Hall–Kier alpha value is -1.12. The van der Waals surface area contributed by atoms with Gasteiger partial charge in [-0.2, -0.15) is 0 Å². The standard InChI is InChI=1S/C13H11ClOS/c1-9-7-12(16-13(9)14)11(15)8-10-5-3-2-4-6-10/h2-7H,8H2,1H3. The largest absolute Gasteiger partial charge is 0.293 e. The van der Waals surface area contributed by atoms with Crippen LogP contribution in [0.15, 0.2) is 36.4 Å². The molecule has 0 aliphatic heterocycles. The van der Waals surface area contributed by atoms with Crippen LogP contribution in [-0.2, 0) is 6.42 Å². The summed E-state index contributed by atoms with van der Waals surface area (Å²) in [6, 6.07) is 11.6. The summed E-state index contributed by atoms with van der Waals surface area (Å²) in [4.78, 5) is 12.7. The fourth-order valence-corrected chi connectivity index (χ4v) is 2.60. The van der Waals surface area contributed by atoms with Crippen molar-refractivity contribution in [3.05, 3.63) is 56.7 Å². The molecule has 0 spiro atoms. The molecular formula is C13H11ClOS.